The van der Waals surface area contributed by atoms with Crippen molar-refractivity contribution in [2.45, 2.75) is 36.0 Å². The van der Waals surface area contributed by atoms with E-state index >= 15 is 0 Å². The molecule has 1 aliphatic carbocycles. The molecule has 0 aromatic heterocycles. The Hall–Kier alpha value is -0.370. The number of aliphatic hydroxyl groups excluding tert-OH is 4. The lowest BCUT2D eigenvalue weighted by molar-refractivity contribution is -0.400. The molecular formula is C6H10O10S. The van der Waals surface area contributed by atoms with E-state index in [2.05, 4.69) is 8.37 Å². The van der Waals surface area contributed by atoms with Crippen molar-refractivity contribution in [1.82, 2.24) is 0 Å². The van der Waals surface area contributed by atoms with Gasteiger partial charge in [-0.15, -0.1) is 0 Å². The van der Waals surface area contributed by atoms with Crippen LogP contribution in [-0.2, 0) is 18.8 Å². The predicted octanol–water partition coefficient (Wildman–Crippen LogP) is -4.89. The fourth-order valence-electron chi connectivity index (χ4n) is 1.81. The van der Waals surface area contributed by atoms with Crippen molar-refractivity contribution < 1.29 is 47.4 Å². The zero-order valence-corrected chi connectivity index (χ0v) is 8.85. The van der Waals surface area contributed by atoms with Crippen LogP contribution in [0.3, 0.4) is 0 Å². The van der Waals surface area contributed by atoms with Gasteiger partial charge in [-0.05, 0) is 0 Å². The molecule has 17 heavy (non-hydrogen) atoms. The third-order valence-electron chi connectivity index (χ3n) is 2.77. The van der Waals surface area contributed by atoms with Crippen LogP contribution in [0.25, 0.3) is 0 Å². The van der Waals surface area contributed by atoms with E-state index < -0.39 is 46.4 Å². The zero-order chi connectivity index (χ0) is 13.2. The Balaban J connectivity index is 2.56. The Bertz CT molecular complexity index is 400. The third-order valence-corrected chi connectivity index (χ3v) is 3.69. The van der Waals surface area contributed by atoms with Crippen molar-refractivity contribution in [3.8, 4) is 0 Å². The fourth-order valence-corrected chi connectivity index (χ4v) is 2.90. The molecule has 0 unspecified atom stereocenters. The molecule has 100 valence electrons. The summed E-state index contributed by atoms with van der Waals surface area (Å²) in [7, 11) is -4.90. The quantitative estimate of drug-likeness (QED) is 0.251. The smallest absolute Gasteiger partial charge is 0.387 e. The highest BCUT2D eigenvalue weighted by molar-refractivity contribution is 7.82. The molecule has 10 nitrogen and oxygen atoms in total. The SMILES string of the molecule is O=S1(=O)O[C@@]2(O)[C@@H](O)[C@H](O)[C@@H](O)[C@@H](O)[C@@]2(O)O1. The van der Waals surface area contributed by atoms with Crippen LogP contribution in [0, 0.1) is 0 Å². The van der Waals surface area contributed by atoms with Gasteiger partial charge in [0.1, 0.15) is 24.4 Å². The maximum atomic E-state index is 11.0. The minimum absolute atomic E-state index is 2.15. The van der Waals surface area contributed by atoms with E-state index in [1.165, 1.54) is 0 Å². The van der Waals surface area contributed by atoms with Crippen molar-refractivity contribution >= 4 is 10.4 Å². The first-order valence-electron chi connectivity index (χ1n) is 4.38. The zero-order valence-electron chi connectivity index (χ0n) is 8.03. The van der Waals surface area contributed by atoms with E-state index in [4.69, 9.17) is 0 Å². The first kappa shape index (κ1) is 13.1. The van der Waals surface area contributed by atoms with Crippen LogP contribution in [0.5, 0.6) is 0 Å². The average Bonchev–Trinajstić information content (AvgIpc) is 2.41. The van der Waals surface area contributed by atoms with Gasteiger partial charge in [0.15, 0.2) is 0 Å². The Morgan fingerprint density at radius 3 is 1.41 bits per heavy atom. The molecule has 0 aromatic carbocycles. The van der Waals surface area contributed by atoms with Gasteiger partial charge in [0.2, 0.25) is 0 Å². The Kier molecular flexibility index (Phi) is 2.57. The standard InChI is InChI=1S/C6H10O10S/c7-1-2(8)4(10)6(12)5(11,3(1)9)15-17(13,14)16-6/h1-4,7-12H/t1-,2-,3-,4+,5-,6+/m1/s1. The van der Waals surface area contributed by atoms with Gasteiger partial charge in [-0.25, -0.2) is 8.37 Å². The summed E-state index contributed by atoms with van der Waals surface area (Å²) in [5.74, 6) is -6.63. The monoisotopic (exact) mass is 274 g/mol. The molecule has 0 radical (unpaired) electrons. The molecule has 2 aliphatic rings. The van der Waals surface area contributed by atoms with E-state index in [0.29, 0.717) is 0 Å². The Labute approximate surface area is 94.6 Å². The second kappa shape index (κ2) is 3.34. The lowest BCUT2D eigenvalue weighted by Gasteiger charge is -2.46. The number of hydrogen-bond donors (Lipinski definition) is 6. The van der Waals surface area contributed by atoms with Gasteiger partial charge in [0, 0.05) is 0 Å². The summed E-state index contributed by atoms with van der Waals surface area (Å²) >= 11 is 0. The minimum atomic E-state index is -4.90. The summed E-state index contributed by atoms with van der Waals surface area (Å²) in [6.45, 7) is 0. The molecule has 1 aliphatic heterocycles. The van der Waals surface area contributed by atoms with Gasteiger partial charge in [0.25, 0.3) is 11.6 Å². The average molecular weight is 274 g/mol. The second-order valence-electron chi connectivity index (χ2n) is 3.84. The highest BCUT2D eigenvalue weighted by Crippen LogP contribution is 2.46. The van der Waals surface area contributed by atoms with Crippen molar-refractivity contribution in [2.24, 2.45) is 0 Å². The molecule has 0 bridgehead atoms. The first-order chi connectivity index (χ1) is 7.55. The molecule has 1 heterocycles. The summed E-state index contributed by atoms with van der Waals surface area (Å²) in [5, 5.41) is 56.6. The topological polar surface area (TPSA) is 174 Å². The molecule has 1 saturated heterocycles. The predicted molar refractivity (Wildman–Crippen MR) is 45.0 cm³/mol. The van der Waals surface area contributed by atoms with Gasteiger partial charge in [-0.1, -0.05) is 0 Å². The van der Waals surface area contributed by atoms with Gasteiger partial charge < -0.3 is 30.6 Å². The summed E-state index contributed by atoms with van der Waals surface area (Å²) in [6.07, 6.45) is -9.12. The molecule has 6 N–H and O–H groups in total. The van der Waals surface area contributed by atoms with Gasteiger partial charge >= 0.3 is 10.4 Å². The molecule has 2 fully saturated rings. The molecule has 0 aromatic rings. The lowest BCUT2D eigenvalue weighted by atomic mass is 9.79. The molecule has 11 heteroatoms. The number of fused-ring (bicyclic) bond motifs is 1. The van der Waals surface area contributed by atoms with E-state index in [-0.39, 0.29) is 0 Å². The largest absolute Gasteiger partial charge is 0.405 e. The van der Waals surface area contributed by atoms with E-state index in [9.17, 15) is 39.1 Å². The van der Waals surface area contributed by atoms with E-state index in [1.807, 2.05) is 0 Å². The Morgan fingerprint density at radius 1 is 0.824 bits per heavy atom. The fraction of sp³-hybridized carbons (Fsp3) is 1.00. The first-order valence-corrected chi connectivity index (χ1v) is 5.72. The molecule has 6 atom stereocenters. The van der Waals surface area contributed by atoms with Crippen LogP contribution in [0.1, 0.15) is 0 Å². The summed E-state index contributed by atoms with van der Waals surface area (Å²) in [4.78, 5) is 0. The van der Waals surface area contributed by atoms with Crippen LogP contribution in [-0.4, -0.2) is 75.0 Å². The van der Waals surface area contributed by atoms with Gasteiger partial charge in [0.05, 0.1) is 0 Å². The van der Waals surface area contributed by atoms with Crippen LogP contribution < -0.4 is 0 Å². The van der Waals surface area contributed by atoms with Crippen molar-refractivity contribution in [3.63, 3.8) is 0 Å². The number of aliphatic hydroxyl groups is 6. The molecule has 2 rings (SSSR count). The van der Waals surface area contributed by atoms with Gasteiger partial charge in [-0.2, -0.15) is 8.42 Å². The summed E-state index contributed by atoms with van der Waals surface area (Å²) < 4.78 is 29.8. The molecule has 0 spiro atoms. The summed E-state index contributed by atoms with van der Waals surface area (Å²) in [6, 6.07) is 0. The van der Waals surface area contributed by atoms with Gasteiger partial charge in [-0.3, -0.25) is 0 Å². The van der Waals surface area contributed by atoms with Crippen LogP contribution >= 0.6 is 0 Å². The van der Waals surface area contributed by atoms with Crippen molar-refractivity contribution in [2.75, 3.05) is 0 Å². The maximum Gasteiger partial charge on any atom is 0.405 e. The highest BCUT2D eigenvalue weighted by Gasteiger charge is 2.76. The highest BCUT2D eigenvalue weighted by atomic mass is 32.3. The molecule has 0 amide bonds. The van der Waals surface area contributed by atoms with Crippen LogP contribution in [0.15, 0.2) is 0 Å². The number of rotatable bonds is 0. The third kappa shape index (κ3) is 1.46. The van der Waals surface area contributed by atoms with E-state index in [0.717, 1.165) is 0 Å². The van der Waals surface area contributed by atoms with Crippen molar-refractivity contribution in [3.05, 3.63) is 0 Å². The second-order valence-corrected chi connectivity index (χ2v) is 4.99. The van der Waals surface area contributed by atoms with E-state index in [1.54, 1.807) is 0 Å². The Morgan fingerprint density at radius 2 is 1.12 bits per heavy atom. The lowest BCUT2D eigenvalue weighted by Crippen LogP contribution is -2.76. The van der Waals surface area contributed by atoms with Crippen LogP contribution in [0.2, 0.25) is 0 Å². The van der Waals surface area contributed by atoms with Crippen molar-refractivity contribution in [1.29, 1.82) is 0 Å². The number of hydrogen-bond acceptors (Lipinski definition) is 10. The minimum Gasteiger partial charge on any atom is -0.387 e. The molecule has 1 saturated carbocycles. The molecular weight excluding hydrogens is 264 g/mol. The maximum absolute atomic E-state index is 11.0. The summed E-state index contributed by atoms with van der Waals surface area (Å²) in [5.41, 5.74) is 0. The normalized spacial score (nSPS) is 57.8. The van der Waals surface area contributed by atoms with Crippen LogP contribution in [0.4, 0.5) is 0 Å².